The number of carbonyl (C=O) groups is 1. The lowest BCUT2D eigenvalue weighted by atomic mass is 9.95. The molecule has 0 bridgehead atoms. The van der Waals surface area contributed by atoms with Crippen molar-refractivity contribution in [2.24, 2.45) is 5.73 Å². The number of nitrogens with one attached hydrogen (secondary N) is 1. The number of thioether (sulfide) groups is 1. The van der Waals surface area contributed by atoms with E-state index in [1.807, 2.05) is 6.92 Å². The molecule has 3 nitrogen and oxygen atoms in total. The molecule has 1 amide bonds. The fraction of sp³-hybridized carbons (Fsp3) is 0.500. The molecular weight excluding hydrogens is 282 g/mol. The van der Waals surface area contributed by atoms with Gasteiger partial charge in [0.25, 0.3) is 0 Å². The van der Waals surface area contributed by atoms with Crippen LogP contribution in [0.3, 0.4) is 0 Å². The van der Waals surface area contributed by atoms with Crippen LogP contribution in [0.5, 0.6) is 0 Å². The van der Waals surface area contributed by atoms with E-state index in [1.54, 1.807) is 13.0 Å². The van der Waals surface area contributed by atoms with Gasteiger partial charge in [0.05, 0.1) is 5.54 Å². The van der Waals surface area contributed by atoms with Gasteiger partial charge in [0, 0.05) is 4.90 Å². The highest BCUT2D eigenvalue weighted by Crippen LogP contribution is 2.23. The molecule has 0 aliphatic heterocycles. The third-order valence-electron chi connectivity index (χ3n) is 3.09. The van der Waals surface area contributed by atoms with E-state index in [2.05, 4.69) is 5.32 Å². The number of carbonyl (C=O) groups excluding carboxylic acids is 1. The number of halogens is 2. The third kappa shape index (κ3) is 4.76. The Hall–Kier alpha value is -1.14. The van der Waals surface area contributed by atoms with Gasteiger partial charge >= 0.3 is 0 Å². The van der Waals surface area contributed by atoms with E-state index in [0.29, 0.717) is 23.6 Å². The molecule has 0 radical (unpaired) electrons. The number of likely N-dealkylation sites (N-methyl/N-ethyl adjacent to an activating group) is 1. The van der Waals surface area contributed by atoms with Crippen LogP contribution in [0.15, 0.2) is 23.1 Å². The van der Waals surface area contributed by atoms with Crippen LogP contribution < -0.4 is 11.1 Å². The number of hydrogen-bond donors (Lipinski definition) is 2. The number of primary amides is 1. The van der Waals surface area contributed by atoms with Gasteiger partial charge < -0.3 is 11.1 Å². The molecule has 112 valence electrons. The molecule has 20 heavy (non-hydrogen) atoms. The molecule has 0 heterocycles. The normalized spacial score (nSPS) is 14.0. The summed E-state index contributed by atoms with van der Waals surface area (Å²) in [4.78, 5) is 12.1. The lowest BCUT2D eigenvalue weighted by molar-refractivity contribution is -0.124. The zero-order valence-corrected chi connectivity index (χ0v) is 12.5. The second kappa shape index (κ2) is 7.59. The van der Waals surface area contributed by atoms with Crippen LogP contribution in [0.1, 0.15) is 26.7 Å². The van der Waals surface area contributed by atoms with Gasteiger partial charge in [-0.1, -0.05) is 6.92 Å². The number of hydrogen-bond acceptors (Lipinski definition) is 3. The average molecular weight is 302 g/mol. The minimum absolute atomic E-state index is 0.378. The smallest absolute Gasteiger partial charge is 0.237 e. The second-order valence-corrected chi connectivity index (χ2v) is 5.92. The molecule has 0 spiro atoms. The lowest BCUT2D eigenvalue weighted by Gasteiger charge is -2.26. The Labute approximate surface area is 122 Å². The first kappa shape index (κ1) is 16.9. The van der Waals surface area contributed by atoms with E-state index in [1.165, 1.54) is 17.8 Å². The molecule has 0 saturated carbocycles. The Morgan fingerprint density at radius 3 is 2.65 bits per heavy atom. The standard InChI is InChI=1S/C14H20F2N2OS/c1-3-18-14(2,13(17)19)7-4-8-20-10-5-6-11(15)12(16)9-10/h5-6,9,18H,3-4,7-8H2,1-2H3,(H2,17,19). The SMILES string of the molecule is CCNC(C)(CCCSc1ccc(F)c(F)c1)C(N)=O. The molecular formula is C14H20F2N2OS. The summed E-state index contributed by atoms with van der Waals surface area (Å²) in [5.41, 5.74) is 4.67. The summed E-state index contributed by atoms with van der Waals surface area (Å²) in [6, 6.07) is 3.84. The number of amides is 1. The summed E-state index contributed by atoms with van der Waals surface area (Å²) in [5.74, 6) is -1.36. The summed E-state index contributed by atoms with van der Waals surface area (Å²) in [7, 11) is 0. The van der Waals surface area contributed by atoms with Crippen molar-refractivity contribution in [3.05, 3.63) is 29.8 Å². The van der Waals surface area contributed by atoms with Gasteiger partial charge in [-0.25, -0.2) is 8.78 Å². The first-order valence-electron chi connectivity index (χ1n) is 6.52. The molecule has 1 aromatic rings. The Morgan fingerprint density at radius 2 is 2.10 bits per heavy atom. The summed E-state index contributed by atoms with van der Waals surface area (Å²) in [5, 5.41) is 3.08. The highest BCUT2D eigenvalue weighted by atomic mass is 32.2. The summed E-state index contributed by atoms with van der Waals surface area (Å²) >= 11 is 1.43. The summed E-state index contributed by atoms with van der Waals surface area (Å²) < 4.78 is 25.8. The summed E-state index contributed by atoms with van der Waals surface area (Å²) in [6.45, 7) is 4.36. The van der Waals surface area contributed by atoms with E-state index in [0.717, 1.165) is 12.5 Å². The van der Waals surface area contributed by atoms with Crippen molar-refractivity contribution in [1.82, 2.24) is 5.32 Å². The van der Waals surface area contributed by atoms with Gasteiger partial charge in [-0.15, -0.1) is 11.8 Å². The van der Waals surface area contributed by atoms with Crippen molar-refractivity contribution in [2.45, 2.75) is 37.1 Å². The van der Waals surface area contributed by atoms with Gasteiger partial charge in [0.1, 0.15) is 0 Å². The predicted molar refractivity (Wildman–Crippen MR) is 77.6 cm³/mol. The Morgan fingerprint density at radius 1 is 1.40 bits per heavy atom. The molecule has 0 aromatic heterocycles. The Kier molecular flexibility index (Phi) is 6.42. The van der Waals surface area contributed by atoms with Gasteiger partial charge in [-0.3, -0.25) is 4.79 Å². The molecule has 0 fully saturated rings. The number of nitrogens with two attached hydrogens (primary N) is 1. The van der Waals surface area contributed by atoms with Crippen LogP contribution in [0.2, 0.25) is 0 Å². The molecule has 1 aromatic carbocycles. The Bertz CT molecular complexity index is 470. The van der Waals surface area contributed by atoms with Gasteiger partial charge in [0.15, 0.2) is 11.6 Å². The van der Waals surface area contributed by atoms with Gasteiger partial charge in [-0.2, -0.15) is 0 Å². The van der Waals surface area contributed by atoms with Crippen LogP contribution in [0.25, 0.3) is 0 Å². The molecule has 1 rings (SSSR count). The molecule has 0 aliphatic rings. The highest BCUT2D eigenvalue weighted by Gasteiger charge is 2.28. The molecule has 1 unspecified atom stereocenters. The van der Waals surface area contributed by atoms with Crippen molar-refractivity contribution < 1.29 is 13.6 Å². The first-order chi connectivity index (χ1) is 9.39. The average Bonchev–Trinajstić information content (AvgIpc) is 2.39. The minimum Gasteiger partial charge on any atom is -0.368 e. The van der Waals surface area contributed by atoms with E-state index >= 15 is 0 Å². The first-order valence-corrected chi connectivity index (χ1v) is 7.50. The van der Waals surface area contributed by atoms with E-state index in [-0.39, 0.29) is 5.91 Å². The van der Waals surface area contributed by atoms with Gasteiger partial charge in [-0.05, 0) is 50.3 Å². The van der Waals surface area contributed by atoms with E-state index in [9.17, 15) is 13.6 Å². The number of benzene rings is 1. The van der Waals surface area contributed by atoms with Crippen molar-refractivity contribution >= 4 is 17.7 Å². The van der Waals surface area contributed by atoms with Crippen molar-refractivity contribution in [1.29, 1.82) is 0 Å². The lowest BCUT2D eigenvalue weighted by Crippen LogP contribution is -2.53. The van der Waals surface area contributed by atoms with Crippen molar-refractivity contribution in [3.63, 3.8) is 0 Å². The topological polar surface area (TPSA) is 55.1 Å². The molecule has 0 aliphatic carbocycles. The zero-order valence-electron chi connectivity index (χ0n) is 11.7. The number of rotatable bonds is 8. The van der Waals surface area contributed by atoms with Crippen LogP contribution in [0.4, 0.5) is 8.78 Å². The predicted octanol–water partition coefficient (Wildman–Crippen LogP) is 2.69. The van der Waals surface area contributed by atoms with Crippen LogP contribution in [0, 0.1) is 11.6 Å². The zero-order chi connectivity index (χ0) is 15.2. The second-order valence-electron chi connectivity index (χ2n) is 4.75. The van der Waals surface area contributed by atoms with Crippen molar-refractivity contribution in [3.8, 4) is 0 Å². The van der Waals surface area contributed by atoms with Crippen LogP contribution >= 0.6 is 11.8 Å². The highest BCUT2D eigenvalue weighted by molar-refractivity contribution is 7.99. The van der Waals surface area contributed by atoms with Crippen molar-refractivity contribution in [2.75, 3.05) is 12.3 Å². The van der Waals surface area contributed by atoms with Gasteiger partial charge in [0.2, 0.25) is 5.91 Å². The monoisotopic (exact) mass is 302 g/mol. The fourth-order valence-electron chi connectivity index (χ4n) is 1.87. The quantitative estimate of drug-likeness (QED) is 0.573. The molecule has 6 heteroatoms. The Balaban J connectivity index is 2.44. The maximum atomic E-state index is 13.0. The largest absolute Gasteiger partial charge is 0.368 e. The third-order valence-corrected chi connectivity index (χ3v) is 4.17. The molecule has 3 N–H and O–H groups in total. The minimum atomic E-state index is -0.845. The van der Waals surface area contributed by atoms with Crippen LogP contribution in [-0.2, 0) is 4.79 Å². The maximum Gasteiger partial charge on any atom is 0.237 e. The fourth-order valence-corrected chi connectivity index (χ4v) is 2.75. The van der Waals surface area contributed by atoms with E-state index in [4.69, 9.17) is 5.73 Å². The summed E-state index contributed by atoms with van der Waals surface area (Å²) in [6.07, 6.45) is 1.35. The molecule has 1 atom stereocenters. The molecule has 0 saturated heterocycles. The van der Waals surface area contributed by atoms with E-state index < -0.39 is 17.2 Å². The van der Waals surface area contributed by atoms with Crippen LogP contribution in [-0.4, -0.2) is 23.7 Å². The maximum absolute atomic E-state index is 13.0.